The Morgan fingerprint density at radius 2 is 1.79 bits per heavy atom. The van der Waals surface area contributed by atoms with Crippen LogP contribution in [0.4, 0.5) is 5.69 Å². The van der Waals surface area contributed by atoms with E-state index in [0.717, 1.165) is 57.9 Å². The van der Waals surface area contributed by atoms with Crippen LogP contribution in [-0.4, -0.2) is 68.7 Å². The van der Waals surface area contributed by atoms with Crippen LogP contribution >= 0.6 is 0 Å². The van der Waals surface area contributed by atoms with E-state index in [4.69, 9.17) is 0 Å². The van der Waals surface area contributed by atoms with E-state index in [1.165, 1.54) is 0 Å². The number of carbonyl (C=O) groups is 2. The first kappa shape index (κ1) is 26.6. The lowest BCUT2D eigenvalue weighted by atomic mass is 9.97. The van der Waals surface area contributed by atoms with Crippen molar-refractivity contribution in [2.24, 2.45) is 5.92 Å². The van der Waals surface area contributed by atoms with Crippen LogP contribution in [0.15, 0.2) is 23.1 Å². The van der Waals surface area contributed by atoms with Crippen molar-refractivity contribution in [3.8, 4) is 0 Å². The summed E-state index contributed by atoms with van der Waals surface area (Å²) in [6, 6.07) is 5.07. The molecule has 0 bridgehead atoms. The Labute approximate surface area is 204 Å². The number of likely N-dealkylation sites (tertiary alicyclic amines) is 1. The largest absolute Gasteiger partial charge is 0.356 e. The van der Waals surface area contributed by atoms with Crippen molar-refractivity contribution in [3.05, 3.63) is 23.8 Å². The molecule has 0 aliphatic carbocycles. The topological polar surface area (TPSA) is 98.8 Å². The minimum absolute atomic E-state index is 0.0699. The summed E-state index contributed by atoms with van der Waals surface area (Å²) in [5.41, 5.74) is 1.16. The molecule has 3 rings (SSSR count). The molecule has 0 saturated carbocycles. The molecule has 2 aliphatic heterocycles. The van der Waals surface area contributed by atoms with Gasteiger partial charge in [0.1, 0.15) is 0 Å². The van der Waals surface area contributed by atoms with E-state index in [1.54, 1.807) is 29.4 Å². The lowest BCUT2D eigenvalue weighted by Gasteiger charge is -2.31. The fourth-order valence-electron chi connectivity index (χ4n) is 4.73. The maximum atomic E-state index is 13.3. The predicted molar refractivity (Wildman–Crippen MR) is 134 cm³/mol. The number of sulfonamides is 1. The van der Waals surface area contributed by atoms with E-state index in [0.29, 0.717) is 37.4 Å². The third kappa shape index (κ3) is 7.26. The second-order valence-electron chi connectivity index (χ2n) is 9.57. The molecular formula is C25H40N4O4S. The number of hydrogen-bond donors (Lipinski definition) is 2. The van der Waals surface area contributed by atoms with Gasteiger partial charge in [0.25, 0.3) is 0 Å². The Bertz CT molecular complexity index is 942. The SMILES string of the molecule is CCCCNC(=O)C1CCCN(CC(=O)Nc2ccc(C)c(S(=O)(=O)N3CCCCCC3)c2)C1. The highest BCUT2D eigenvalue weighted by atomic mass is 32.2. The number of hydrogen-bond acceptors (Lipinski definition) is 5. The number of rotatable bonds is 9. The average molecular weight is 493 g/mol. The van der Waals surface area contributed by atoms with Crippen LogP contribution in [0.2, 0.25) is 0 Å². The van der Waals surface area contributed by atoms with Gasteiger partial charge in [0.15, 0.2) is 0 Å². The number of nitrogens with zero attached hydrogens (tertiary/aromatic N) is 2. The van der Waals surface area contributed by atoms with Gasteiger partial charge in [0, 0.05) is 31.9 Å². The van der Waals surface area contributed by atoms with Crippen molar-refractivity contribution >= 4 is 27.5 Å². The van der Waals surface area contributed by atoms with Gasteiger partial charge in [0.05, 0.1) is 17.4 Å². The molecule has 2 N–H and O–H groups in total. The summed E-state index contributed by atoms with van der Waals surface area (Å²) in [5, 5.41) is 5.86. The summed E-state index contributed by atoms with van der Waals surface area (Å²) < 4.78 is 28.1. The number of benzene rings is 1. The fraction of sp³-hybridized carbons (Fsp3) is 0.680. The zero-order valence-corrected chi connectivity index (χ0v) is 21.5. The van der Waals surface area contributed by atoms with E-state index in [2.05, 4.69) is 17.6 Å². The van der Waals surface area contributed by atoms with E-state index in [9.17, 15) is 18.0 Å². The van der Waals surface area contributed by atoms with Crippen LogP contribution in [0, 0.1) is 12.8 Å². The number of aryl methyl sites for hydroxylation is 1. The van der Waals surface area contributed by atoms with Gasteiger partial charge in [0.2, 0.25) is 21.8 Å². The zero-order valence-electron chi connectivity index (χ0n) is 20.6. The van der Waals surface area contributed by atoms with Gasteiger partial charge < -0.3 is 10.6 Å². The predicted octanol–water partition coefficient (Wildman–Crippen LogP) is 3.13. The quantitative estimate of drug-likeness (QED) is 0.516. The Hall–Kier alpha value is -1.97. The van der Waals surface area contributed by atoms with Crippen molar-refractivity contribution in [2.75, 3.05) is 44.6 Å². The highest BCUT2D eigenvalue weighted by Crippen LogP contribution is 2.26. The molecule has 2 aliphatic rings. The number of piperidine rings is 1. The van der Waals surface area contributed by atoms with Crippen LogP contribution in [0.1, 0.15) is 63.9 Å². The minimum Gasteiger partial charge on any atom is -0.356 e. The molecule has 190 valence electrons. The van der Waals surface area contributed by atoms with E-state index in [1.807, 2.05) is 4.90 Å². The fourth-order valence-corrected chi connectivity index (χ4v) is 6.49. The van der Waals surface area contributed by atoms with Gasteiger partial charge in [-0.25, -0.2) is 8.42 Å². The average Bonchev–Trinajstić information content (AvgIpc) is 3.11. The molecule has 34 heavy (non-hydrogen) atoms. The Kier molecular flexibility index (Phi) is 9.91. The molecule has 0 aromatic heterocycles. The highest BCUT2D eigenvalue weighted by Gasteiger charge is 2.28. The van der Waals surface area contributed by atoms with E-state index >= 15 is 0 Å². The lowest BCUT2D eigenvalue weighted by molar-refractivity contribution is -0.127. The first-order chi connectivity index (χ1) is 16.3. The van der Waals surface area contributed by atoms with Crippen LogP contribution < -0.4 is 10.6 Å². The first-order valence-electron chi connectivity index (χ1n) is 12.7. The number of unbranched alkanes of at least 4 members (excludes halogenated alkanes) is 1. The first-order valence-corrected chi connectivity index (χ1v) is 14.2. The zero-order chi connectivity index (χ0) is 24.6. The standard InChI is InChI=1S/C25H40N4O4S/c1-3-4-13-26-25(31)21-10-9-14-28(18-21)19-24(30)27-22-12-11-20(2)23(17-22)34(32,33)29-15-7-5-6-8-16-29/h11-12,17,21H,3-10,13-16,18-19H2,1-2H3,(H,26,31)(H,27,30). The monoisotopic (exact) mass is 492 g/mol. The van der Waals surface area contributed by atoms with Crippen LogP contribution in [0.25, 0.3) is 0 Å². The summed E-state index contributed by atoms with van der Waals surface area (Å²) in [4.78, 5) is 27.4. The van der Waals surface area contributed by atoms with Gasteiger partial charge in [-0.15, -0.1) is 0 Å². The molecule has 9 heteroatoms. The smallest absolute Gasteiger partial charge is 0.243 e. The van der Waals surface area contributed by atoms with Crippen molar-refractivity contribution < 1.29 is 18.0 Å². The Morgan fingerprint density at radius 1 is 1.06 bits per heavy atom. The van der Waals surface area contributed by atoms with Gasteiger partial charge in [-0.3, -0.25) is 14.5 Å². The lowest BCUT2D eigenvalue weighted by Crippen LogP contribution is -2.45. The van der Waals surface area contributed by atoms with Gasteiger partial charge in [-0.2, -0.15) is 4.31 Å². The summed E-state index contributed by atoms with van der Waals surface area (Å²) in [7, 11) is -3.60. The van der Waals surface area contributed by atoms with Gasteiger partial charge in [-0.1, -0.05) is 32.3 Å². The number of nitrogens with one attached hydrogen (secondary N) is 2. The summed E-state index contributed by atoms with van der Waals surface area (Å²) in [6.07, 6.45) is 7.59. The molecule has 1 aromatic rings. The summed E-state index contributed by atoms with van der Waals surface area (Å²) in [5.74, 6) is -0.224. The molecule has 1 unspecified atom stereocenters. The molecule has 1 atom stereocenters. The maximum Gasteiger partial charge on any atom is 0.243 e. The number of carbonyl (C=O) groups excluding carboxylic acids is 2. The highest BCUT2D eigenvalue weighted by molar-refractivity contribution is 7.89. The Balaban J connectivity index is 1.60. The maximum absolute atomic E-state index is 13.3. The molecule has 2 heterocycles. The van der Waals surface area contributed by atoms with E-state index < -0.39 is 10.0 Å². The molecule has 0 spiro atoms. The molecule has 8 nitrogen and oxygen atoms in total. The summed E-state index contributed by atoms with van der Waals surface area (Å²) >= 11 is 0. The van der Waals surface area contributed by atoms with Gasteiger partial charge in [-0.05, 0) is 63.3 Å². The summed E-state index contributed by atoms with van der Waals surface area (Å²) in [6.45, 7) is 7.18. The van der Waals surface area contributed by atoms with Crippen LogP contribution in [0.5, 0.6) is 0 Å². The normalized spacial score (nSPS) is 20.5. The van der Waals surface area contributed by atoms with Crippen molar-refractivity contribution in [1.82, 2.24) is 14.5 Å². The van der Waals surface area contributed by atoms with Crippen LogP contribution in [-0.2, 0) is 19.6 Å². The number of anilines is 1. The molecule has 1 aromatic carbocycles. The molecule has 2 saturated heterocycles. The molecule has 2 amide bonds. The van der Waals surface area contributed by atoms with Gasteiger partial charge >= 0.3 is 0 Å². The second-order valence-corrected chi connectivity index (χ2v) is 11.5. The molecular weight excluding hydrogens is 452 g/mol. The third-order valence-corrected chi connectivity index (χ3v) is 8.77. The number of amides is 2. The van der Waals surface area contributed by atoms with Crippen molar-refractivity contribution in [2.45, 2.75) is 70.1 Å². The second kappa shape index (κ2) is 12.7. The third-order valence-electron chi connectivity index (χ3n) is 6.73. The van der Waals surface area contributed by atoms with E-state index in [-0.39, 0.29) is 29.2 Å². The van der Waals surface area contributed by atoms with Crippen LogP contribution in [0.3, 0.4) is 0 Å². The minimum atomic E-state index is -3.60. The molecule has 0 radical (unpaired) electrons. The Morgan fingerprint density at radius 3 is 2.50 bits per heavy atom. The van der Waals surface area contributed by atoms with Crippen molar-refractivity contribution in [3.63, 3.8) is 0 Å². The molecule has 2 fully saturated rings. The van der Waals surface area contributed by atoms with Crippen molar-refractivity contribution in [1.29, 1.82) is 0 Å².